The molecule has 0 spiro atoms. The summed E-state index contributed by atoms with van der Waals surface area (Å²) in [5.74, 6) is -1.38. The van der Waals surface area contributed by atoms with E-state index in [4.69, 9.17) is 0 Å². The molecule has 0 aliphatic carbocycles. The monoisotopic (exact) mass is 227 g/mol. The third kappa shape index (κ3) is 2.31. The van der Waals surface area contributed by atoms with E-state index in [0.717, 1.165) is 0 Å². The van der Waals surface area contributed by atoms with Gasteiger partial charge in [0, 0.05) is 0 Å². The first-order valence-corrected chi connectivity index (χ1v) is 3.76. The second-order valence-electron chi connectivity index (χ2n) is 1.86. The van der Waals surface area contributed by atoms with Gasteiger partial charge in [0.2, 0.25) is 5.79 Å². The highest BCUT2D eigenvalue weighted by atomic mass is 79.9. The smallest absolute Gasteiger partial charge is 0.208 e. The molecule has 58 valence electrons. The lowest BCUT2D eigenvalue weighted by Crippen LogP contribution is -2.38. The largest absolute Gasteiger partial charge is 0.356 e. The minimum Gasteiger partial charge on any atom is -0.356 e. The third-order valence-electron chi connectivity index (χ3n) is 1.09. The van der Waals surface area contributed by atoms with Crippen molar-refractivity contribution < 1.29 is 4.39 Å². The van der Waals surface area contributed by atoms with Crippen LogP contribution in [0.15, 0.2) is 24.4 Å². The van der Waals surface area contributed by atoms with E-state index in [9.17, 15) is 4.39 Å². The molecular formula is C6H8BrClFN. The summed E-state index contributed by atoms with van der Waals surface area (Å²) in [7, 11) is 0. The molecule has 0 aromatic heterocycles. The predicted molar refractivity (Wildman–Crippen MR) is 46.3 cm³/mol. The Morgan fingerprint density at radius 1 is 1.50 bits per heavy atom. The van der Waals surface area contributed by atoms with Crippen molar-refractivity contribution in [2.45, 2.75) is 5.79 Å². The van der Waals surface area contributed by atoms with Crippen LogP contribution >= 0.6 is 28.3 Å². The van der Waals surface area contributed by atoms with Crippen molar-refractivity contribution in [2.75, 3.05) is 5.33 Å². The summed E-state index contributed by atoms with van der Waals surface area (Å²) in [5.41, 5.74) is 0. The molecule has 0 radical (unpaired) electrons. The molecule has 1 N–H and O–H groups in total. The number of rotatable bonds is 1. The van der Waals surface area contributed by atoms with E-state index in [2.05, 4.69) is 21.2 Å². The first-order chi connectivity index (χ1) is 4.27. The van der Waals surface area contributed by atoms with Crippen LogP contribution in [0.2, 0.25) is 0 Å². The van der Waals surface area contributed by atoms with E-state index in [0.29, 0.717) is 0 Å². The van der Waals surface area contributed by atoms with Gasteiger partial charge >= 0.3 is 0 Å². The summed E-state index contributed by atoms with van der Waals surface area (Å²) in [4.78, 5) is 0. The molecule has 1 unspecified atom stereocenters. The van der Waals surface area contributed by atoms with E-state index in [1.54, 1.807) is 18.4 Å². The number of hydrogen-bond acceptors (Lipinski definition) is 1. The van der Waals surface area contributed by atoms with Crippen molar-refractivity contribution in [1.82, 2.24) is 5.32 Å². The maximum Gasteiger partial charge on any atom is 0.208 e. The van der Waals surface area contributed by atoms with Gasteiger partial charge < -0.3 is 5.32 Å². The van der Waals surface area contributed by atoms with Crippen molar-refractivity contribution in [2.24, 2.45) is 0 Å². The molecule has 0 saturated carbocycles. The Hall–Kier alpha value is -0.0200. The molecule has 0 fully saturated rings. The van der Waals surface area contributed by atoms with Crippen LogP contribution in [0.3, 0.4) is 0 Å². The maximum absolute atomic E-state index is 13.0. The normalized spacial score (nSPS) is 29.0. The van der Waals surface area contributed by atoms with Crippen LogP contribution in [-0.2, 0) is 0 Å². The number of hydrogen-bond donors (Lipinski definition) is 1. The SMILES string of the molecule is Cl.FC1(CBr)C=CC=CN1. The minimum atomic E-state index is -1.38. The zero-order valence-electron chi connectivity index (χ0n) is 5.18. The van der Waals surface area contributed by atoms with Gasteiger partial charge in [-0.2, -0.15) is 0 Å². The van der Waals surface area contributed by atoms with Gasteiger partial charge in [-0.3, -0.25) is 0 Å². The molecule has 1 aliphatic rings. The third-order valence-corrected chi connectivity index (χ3v) is 1.90. The zero-order chi connectivity index (χ0) is 6.74. The molecule has 0 aromatic carbocycles. The second kappa shape index (κ2) is 3.98. The van der Waals surface area contributed by atoms with Gasteiger partial charge in [0.1, 0.15) is 0 Å². The lowest BCUT2D eigenvalue weighted by molar-refractivity contribution is 0.232. The van der Waals surface area contributed by atoms with Gasteiger partial charge in [0.15, 0.2) is 0 Å². The molecular weight excluding hydrogens is 220 g/mol. The number of dihydropyridines is 1. The quantitative estimate of drug-likeness (QED) is 0.536. The summed E-state index contributed by atoms with van der Waals surface area (Å²) in [6.45, 7) is 0. The molecule has 1 heterocycles. The second-order valence-corrected chi connectivity index (χ2v) is 2.42. The van der Waals surface area contributed by atoms with E-state index in [-0.39, 0.29) is 17.7 Å². The molecule has 0 saturated heterocycles. The van der Waals surface area contributed by atoms with E-state index >= 15 is 0 Å². The van der Waals surface area contributed by atoms with Crippen molar-refractivity contribution in [3.8, 4) is 0 Å². The molecule has 0 aromatic rings. The molecule has 1 atom stereocenters. The highest BCUT2D eigenvalue weighted by Gasteiger charge is 2.23. The summed E-state index contributed by atoms with van der Waals surface area (Å²) < 4.78 is 13.0. The molecule has 4 heteroatoms. The fourth-order valence-electron chi connectivity index (χ4n) is 0.582. The fourth-order valence-corrected chi connectivity index (χ4v) is 0.930. The van der Waals surface area contributed by atoms with Gasteiger partial charge in [0.05, 0.1) is 5.33 Å². The molecule has 0 amide bonds. The highest BCUT2D eigenvalue weighted by molar-refractivity contribution is 9.09. The maximum atomic E-state index is 13.0. The average molecular weight is 228 g/mol. The van der Waals surface area contributed by atoms with Crippen LogP contribution in [0.5, 0.6) is 0 Å². The topological polar surface area (TPSA) is 12.0 Å². The lowest BCUT2D eigenvalue weighted by atomic mass is 10.2. The van der Waals surface area contributed by atoms with E-state index in [1.807, 2.05) is 0 Å². The van der Waals surface area contributed by atoms with Crippen LogP contribution in [0.4, 0.5) is 4.39 Å². The van der Waals surface area contributed by atoms with Crippen LogP contribution in [0.1, 0.15) is 0 Å². The number of allylic oxidation sites excluding steroid dienone is 2. The van der Waals surface area contributed by atoms with Crippen LogP contribution < -0.4 is 5.32 Å². The van der Waals surface area contributed by atoms with Crippen molar-refractivity contribution in [1.29, 1.82) is 0 Å². The summed E-state index contributed by atoms with van der Waals surface area (Å²) >= 11 is 3.04. The van der Waals surface area contributed by atoms with Gasteiger partial charge in [-0.05, 0) is 18.4 Å². The standard InChI is InChI=1S/C6H7BrFN.ClH/c7-5-6(8)3-1-2-4-9-6;/h1-4,9H,5H2;1H. The van der Waals surface area contributed by atoms with Crippen LogP contribution in [0.25, 0.3) is 0 Å². The Bertz CT molecular complexity index is 160. The van der Waals surface area contributed by atoms with E-state index < -0.39 is 5.79 Å². The molecule has 10 heavy (non-hydrogen) atoms. The Morgan fingerprint density at radius 3 is 2.50 bits per heavy atom. The summed E-state index contributed by atoms with van der Waals surface area (Å²) in [6, 6.07) is 0. The number of alkyl halides is 2. The fraction of sp³-hybridized carbons (Fsp3) is 0.333. The van der Waals surface area contributed by atoms with E-state index in [1.165, 1.54) is 6.08 Å². The molecule has 1 nitrogen and oxygen atoms in total. The Labute approximate surface area is 73.9 Å². The lowest BCUT2D eigenvalue weighted by Gasteiger charge is -2.20. The molecule has 1 aliphatic heterocycles. The Balaban J connectivity index is 0.000000810. The van der Waals surface area contributed by atoms with Crippen molar-refractivity contribution in [3.05, 3.63) is 24.4 Å². The number of nitrogens with one attached hydrogen (secondary N) is 1. The van der Waals surface area contributed by atoms with Crippen LogP contribution in [-0.4, -0.2) is 11.1 Å². The van der Waals surface area contributed by atoms with Gasteiger partial charge in [0.25, 0.3) is 0 Å². The Kier molecular flexibility index (Phi) is 3.98. The van der Waals surface area contributed by atoms with Crippen molar-refractivity contribution in [3.63, 3.8) is 0 Å². The van der Waals surface area contributed by atoms with Crippen molar-refractivity contribution >= 4 is 28.3 Å². The van der Waals surface area contributed by atoms with Gasteiger partial charge in [-0.25, -0.2) is 4.39 Å². The first-order valence-electron chi connectivity index (χ1n) is 2.64. The summed E-state index contributed by atoms with van der Waals surface area (Å²) in [6.07, 6.45) is 6.49. The highest BCUT2D eigenvalue weighted by Crippen LogP contribution is 2.14. The van der Waals surface area contributed by atoms with Crippen LogP contribution in [0, 0.1) is 0 Å². The van der Waals surface area contributed by atoms with Gasteiger partial charge in [-0.1, -0.05) is 22.0 Å². The number of halogens is 3. The molecule has 1 rings (SSSR count). The first kappa shape index (κ1) is 9.98. The predicted octanol–water partition coefficient (Wildman–Crippen LogP) is 2.14. The molecule has 0 bridgehead atoms. The minimum absolute atomic E-state index is 0. The van der Waals surface area contributed by atoms with Gasteiger partial charge in [-0.15, -0.1) is 12.4 Å². The zero-order valence-corrected chi connectivity index (χ0v) is 7.58. The average Bonchev–Trinajstić information content (AvgIpc) is 1.90. The Morgan fingerprint density at radius 2 is 2.20 bits per heavy atom. The summed E-state index contributed by atoms with van der Waals surface area (Å²) in [5, 5.41) is 2.84.